The first-order chi connectivity index (χ1) is 16.2. The maximum atomic E-state index is 13.1. The van der Waals surface area contributed by atoms with Crippen LogP contribution in [0.15, 0.2) is 54.6 Å². The van der Waals surface area contributed by atoms with Crippen LogP contribution in [-0.4, -0.2) is 70.3 Å². The molecule has 0 aromatic heterocycles. The smallest absolute Gasteiger partial charge is 0.328 e. The van der Waals surface area contributed by atoms with E-state index in [0.29, 0.717) is 5.56 Å². The summed E-state index contributed by atoms with van der Waals surface area (Å²) in [4.78, 5) is 49.1. The van der Waals surface area contributed by atoms with Crippen LogP contribution in [0.3, 0.4) is 0 Å². The van der Waals surface area contributed by atoms with Crippen molar-refractivity contribution >= 4 is 23.7 Å². The molecule has 0 aliphatic heterocycles. The summed E-state index contributed by atoms with van der Waals surface area (Å²) in [7, 11) is 0. The number of carbonyl (C=O) groups is 4. The lowest BCUT2D eigenvalue weighted by Gasteiger charge is -2.24. The number of aromatic hydroxyl groups is 1. The monoisotopic (exact) mass is 472 g/mol. The van der Waals surface area contributed by atoms with E-state index in [-0.39, 0.29) is 25.1 Å². The molecule has 34 heavy (non-hydrogen) atoms. The number of benzene rings is 2. The Morgan fingerprint density at radius 1 is 0.765 bits per heavy atom. The highest BCUT2D eigenvalue weighted by molar-refractivity contribution is 5.94. The Morgan fingerprint density at radius 2 is 1.26 bits per heavy atom. The van der Waals surface area contributed by atoms with Gasteiger partial charge >= 0.3 is 5.97 Å². The molecular weight excluding hydrogens is 444 g/mol. The predicted molar refractivity (Wildman–Crippen MR) is 122 cm³/mol. The van der Waals surface area contributed by atoms with Gasteiger partial charge in [0, 0.05) is 12.8 Å². The van der Waals surface area contributed by atoms with Crippen molar-refractivity contribution in [3.63, 3.8) is 0 Å². The van der Waals surface area contributed by atoms with Crippen molar-refractivity contribution in [3.8, 4) is 5.75 Å². The van der Waals surface area contributed by atoms with Crippen molar-refractivity contribution in [2.45, 2.75) is 31.0 Å². The van der Waals surface area contributed by atoms with Gasteiger partial charge in [0.2, 0.25) is 17.7 Å². The predicted octanol–water partition coefficient (Wildman–Crippen LogP) is -1.33. The molecule has 0 saturated carbocycles. The number of hydrogen-bond donors (Lipinski definition) is 7. The van der Waals surface area contributed by atoms with Crippen molar-refractivity contribution in [2.24, 2.45) is 5.73 Å². The summed E-state index contributed by atoms with van der Waals surface area (Å²) in [6, 6.07) is 10.9. The van der Waals surface area contributed by atoms with E-state index < -0.39 is 48.4 Å². The molecule has 0 spiro atoms. The third-order valence-corrected chi connectivity index (χ3v) is 4.93. The number of rotatable bonds is 12. The van der Waals surface area contributed by atoms with E-state index in [0.717, 1.165) is 5.56 Å². The summed E-state index contributed by atoms with van der Waals surface area (Å²) in [5.41, 5.74) is 6.69. The maximum absolute atomic E-state index is 13.1. The lowest BCUT2D eigenvalue weighted by molar-refractivity contribution is -0.143. The summed E-state index contributed by atoms with van der Waals surface area (Å²) >= 11 is 0. The van der Waals surface area contributed by atoms with Crippen molar-refractivity contribution in [3.05, 3.63) is 65.7 Å². The van der Waals surface area contributed by atoms with Gasteiger partial charge in [-0.05, 0) is 23.3 Å². The molecule has 2 aromatic rings. The molecule has 0 fully saturated rings. The van der Waals surface area contributed by atoms with Crippen molar-refractivity contribution < 1.29 is 34.5 Å². The molecule has 0 saturated heterocycles. The first-order valence-electron chi connectivity index (χ1n) is 10.5. The van der Waals surface area contributed by atoms with Gasteiger partial charge in [0.25, 0.3) is 0 Å². The fraction of sp³-hybridized carbons (Fsp3) is 0.304. The normalized spacial score (nSPS) is 13.2. The van der Waals surface area contributed by atoms with Crippen LogP contribution in [0.1, 0.15) is 11.1 Å². The van der Waals surface area contributed by atoms with Crippen LogP contribution >= 0.6 is 0 Å². The van der Waals surface area contributed by atoms with Crippen LogP contribution in [0.25, 0.3) is 0 Å². The second kappa shape index (κ2) is 12.9. The number of hydrogen-bond acceptors (Lipinski definition) is 7. The summed E-state index contributed by atoms with van der Waals surface area (Å²) < 4.78 is 0. The number of carbonyl (C=O) groups excluding carboxylic acids is 3. The molecule has 11 heteroatoms. The maximum Gasteiger partial charge on any atom is 0.328 e. The molecule has 3 atom stereocenters. The lowest BCUT2D eigenvalue weighted by atomic mass is 10.0. The topological polar surface area (TPSA) is 191 Å². The van der Waals surface area contributed by atoms with Crippen LogP contribution in [0, 0.1) is 0 Å². The molecule has 0 bridgehead atoms. The molecule has 182 valence electrons. The molecule has 11 nitrogen and oxygen atoms in total. The fourth-order valence-electron chi connectivity index (χ4n) is 3.12. The Morgan fingerprint density at radius 3 is 1.76 bits per heavy atom. The Hall–Kier alpha value is -3.96. The number of carboxylic acids is 1. The zero-order valence-corrected chi connectivity index (χ0v) is 18.3. The van der Waals surface area contributed by atoms with E-state index >= 15 is 0 Å². The van der Waals surface area contributed by atoms with Gasteiger partial charge < -0.3 is 37.0 Å². The molecule has 8 N–H and O–H groups in total. The van der Waals surface area contributed by atoms with E-state index in [1.165, 1.54) is 12.1 Å². The van der Waals surface area contributed by atoms with E-state index in [1.54, 1.807) is 42.5 Å². The number of nitrogens with two attached hydrogens (primary N) is 1. The highest BCUT2D eigenvalue weighted by atomic mass is 16.4. The molecule has 3 amide bonds. The first-order valence-corrected chi connectivity index (χ1v) is 10.5. The van der Waals surface area contributed by atoms with Gasteiger partial charge in [0.1, 0.15) is 23.9 Å². The Balaban J connectivity index is 2.25. The van der Waals surface area contributed by atoms with Crippen LogP contribution in [0.2, 0.25) is 0 Å². The van der Waals surface area contributed by atoms with Crippen molar-refractivity contribution in [2.75, 3.05) is 13.2 Å². The minimum atomic E-state index is -1.57. The van der Waals surface area contributed by atoms with Crippen LogP contribution in [0.4, 0.5) is 0 Å². The first kappa shape index (κ1) is 26.3. The second-order valence-corrected chi connectivity index (χ2v) is 7.53. The fourth-order valence-corrected chi connectivity index (χ4v) is 3.12. The largest absolute Gasteiger partial charge is 0.508 e. The minimum Gasteiger partial charge on any atom is -0.508 e. The standard InChI is InChI=1S/C23H28N4O7/c24-12-20(30)25-17(10-14-4-2-1-3-5-14)21(31)26-18(11-15-6-8-16(29)9-7-15)22(32)27-19(13-28)23(33)34/h1-9,17-19,28-29H,10-13,24H2,(H,25,30)(H,26,31)(H,27,32)(H,33,34). The van der Waals surface area contributed by atoms with Crippen molar-refractivity contribution in [1.29, 1.82) is 0 Å². The second-order valence-electron chi connectivity index (χ2n) is 7.53. The summed E-state index contributed by atoms with van der Waals surface area (Å²) in [5, 5.41) is 35.1. The molecule has 0 aliphatic rings. The number of aliphatic hydroxyl groups excluding tert-OH is 1. The number of nitrogens with one attached hydrogen (secondary N) is 3. The zero-order chi connectivity index (χ0) is 25.1. The lowest BCUT2D eigenvalue weighted by Crippen LogP contribution is -2.57. The SMILES string of the molecule is NCC(=O)NC(Cc1ccccc1)C(=O)NC(Cc1ccc(O)cc1)C(=O)NC(CO)C(=O)O. The van der Waals surface area contributed by atoms with E-state index in [9.17, 15) is 29.4 Å². The Kier molecular flexibility index (Phi) is 9.99. The van der Waals surface area contributed by atoms with Gasteiger partial charge in [-0.3, -0.25) is 14.4 Å². The van der Waals surface area contributed by atoms with Gasteiger partial charge in [0.15, 0.2) is 0 Å². The third-order valence-electron chi connectivity index (χ3n) is 4.93. The Labute approximate surface area is 196 Å². The highest BCUT2D eigenvalue weighted by Crippen LogP contribution is 2.12. The molecule has 0 radical (unpaired) electrons. The molecule has 2 rings (SSSR count). The molecule has 2 aromatic carbocycles. The number of carboxylic acid groups (broad SMARTS) is 1. The van der Waals surface area contributed by atoms with Crippen LogP contribution < -0.4 is 21.7 Å². The van der Waals surface area contributed by atoms with Gasteiger partial charge in [-0.15, -0.1) is 0 Å². The quantitative estimate of drug-likeness (QED) is 0.197. The van der Waals surface area contributed by atoms with Gasteiger partial charge in [-0.2, -0.15) is 0 Å². The summed E-state index contributed by atoms with van der Waals surface area (Å²) in [5.74, 6) is -3.52. The number of phenols is 1. The molecular formula is C23H28N4O7. The number of aliphatic carboxylic acids is 1. The van der Waals surface area contributed by atoms with Crippen LogP contribution in [-0.2, 0) is 32.0 Å². The number of amides is 3. The number of phenolic OH excluding ortho intramolecular Hbond substituents is 1. The van der Waals surface area contributed by atoms with Gasteiger partial charge in [-0.25, -0.2) is 4.79 Å². The number of aliphatic hydroxyl groups is 1. The van der Waals surface area contributed by atoms with Crippen LogP contribution in [0.5, 0.6) is 5.75 Å². The van der Waals surface area contributed by atoms with E-state index in [1.807, 2.05) is 0 Å². The average Bonchev–Trinajstić information content (AvgIpc) is 2.83. The summed E-state index contributed by atoms with van der Waals surface area (Å²) in [6.07, 6.45) is 0.0822. The molecule has 0 heterocycles. The van der Waals surface area contributed by atoms with Crippen molar-refractivity contribution in [1.82, 2.24) is 16.0 Å². The van der Waals surface area contributed by atoms with Gasteiger partial charge in [0.05, 0.1) is 13.2 Å². The molecule has 3 unspecified atom stereocenters. The zero-order valence-electron chi connectivity index (χ0n) is 18.3. The minimum absolute atomic E-state index is 0.00688. The van der Waals surface area contributed by atoms with E-state index in [4.69, 9.17) is 10.8 Å². The molecule has 0 aliphatic carbocycles. The Bertz CT molecular complexity index is 983. The summed E-state index contributed by atoms with van der Waals surface area (Å²) in [6.45, 7) is -1.18. The van der Waals surface area contributed by atoms with E-state index in [2.05, 4.69) is 16.0 Å². The third kappa shape index (κ3) is 8.19. The average molecular weight is 472 g/mol. The highest BCUT2D eigenvalue weighted by Gasteiger charge is 2.29. The van der Waals surface area contributed by atoms with Gasteiger partial charge in [-0.1, -0.05) is 42.5 Å².